The Hall–Kier alpha value is -3.67. The van der Waals surface area contributed by atoms with Gasteiger partial charge in [-0.2, -0.15) is 0 Å². The second kappa shape index (κ2) is 14.0. The zero-order chi connectivity index (χ0) is 31.3. The van der Waals surface area contributed by atoms with Gasteiger partial charge in [0.25, 0.3) is 0 Å². The zero-order valence-electron chi connectivity index (χ0n) is 25.3. The van der Waals surface area contributed by atoms with Crippen LogP contribution >= 0.6 is 0 Å². The van der Waals surface area contributed by atoms with Gasteiger partial charge in [-0.05, 0) is 54.3 Å². The van der Waals surface area contributed by atoms with Gasteiger partial charge in [0.15, 0.2) is 23.1 Å². The maximum Gasteiger partial charge on any atom is 0.311 e. The molecule has 3 aromatic carbocycles. The number of likely N-dealkylation sites (tertiary alicyclic amines) is 1. The minimum Gasteiger partial charge on any atom is -0.494 e. The SMILES string of the molecule is CCCN(CCN1C[C@H](c2ccc3c(c2)OCO3)[C@@H](C(=O)OCC)[C@@H]1c1ccc(OC)c(F)c1)S(=O)(=O)Cc1ccccc1. The van der Waals surface area contributed by atoms with Crippen molar-refractivity contribution in [2.24, 2.45) is 5.92 Å². The first-order valence-electron chi connectivity index (χ1n) is 14.9. The molecule has 0 radical (unpaired) electrons. The van der Waals surface area contributed by atoms with Crippen molar-refractivity contribution in [2.45, 2.75) is 38.0 Å². The Morgan fingerprint density at radius 1 is 1.00 bits per heavy atom. The van der Waals surface area contributed by atoms with Crippen LogP contribution in [0.2, 0.25) is 0 Å². The average molecular weight is 627 g/mol. The predicted molar refractivity (Wildman–Crippen MR) is 164 cm³/mol. The summed E-state index contributed by atoms with van der Waals surface area (Å²) in [6.45, 7) is 5.31. The highest BCUT2D eigenvalue weighted by atomic mass is 32.2. The number of ether oxygens (including phenoxy) is 4. The average Bonchev–Trinajstić information content (AvgIpc) is 3.64. The summed E-state index contributed by atoms with van der Waals surface area (Å²) in [4.78, 5) is 15.7. The van der Waals surface area contributed by atoms with Crippen molar-refractivity contribution in [3.63, 3.8) is 0 Å². The van der Waals surface area contributed by atoms with E-state index in [0.29, 0.717) is 48.7 Å². The topological polar surface area (TPSA) is 94.6 Å². The maximum atomic E-state index is 15.1. The Balaban J connectivity index is 1.50. The molecule has 0 aliphatic carbocycles. The molecule has 5 rings (SSSR count). The van der Waals surface area contributed by atoms with Crippen molar-refractivity contribution >= 4 is 16.0 Å². The molecule has 2 heterocycles. The van der Waals surface area contributed by atoms with E-state index in [4.69, 9.17) is 18.9 Å². The highest BCUT2D eigenvalue weighted by Crippen LogP contribution is 2.48. The first-order valence-corrected chi connectivity index (χ1v) is 16.5. The number of sulfonamides is 1. The fourth-order valence-electron chi connectivity index (χ4n) is 6.19. The van der Waals surface area contributed by atoms with Gasteiger partial charge in [0.05, 0.1) is 25.4 Å². The van der Waals surface area contributed by atoms with E-state index < -0.39 is 33.8 Å². The lowest BCUT2D eigenvalue weighted by Crippen LogP contribution is -2.40. The van der Waals surface area contributed by atoms with Gasteiger partial charge in [-0.25, -0.2) is 17.1 Å². The Kier molecular flexibility index (Phi) is 10.1. The van der Waals surface area contributed by atoms with Crippen LogP contribution in [0, 0.1) is 11.7 Å². The molecule has 0 N–H and O–H groups in total. The molecular weight excluding hydrogens is 587 g/mol. The van der Waals surface area contributed by atoms with Crippen molar-refractivity contribution in [1.82, 2.24) is 9.21 Å². The number of methoxy groups -OCH3 is 1. The summed E-state index contributed by atoms with van der Waals surface area (Å²) in [6.07, 6.45) is 0.645. The fraction of sp³-hybridized carbons (Fsp3) is 0.424. The molecule has 3 atom stereocenters. The van der Waals surface area contributed by atoms with E-state index in [1.165, 1.54) is 17.5 Å². The van der Waals surface area contributed by atoms with E-state index in [1.54, 1.807) is 31.2 Å². The summed E-state index contributed by atoms with van der Waals surface area (Å²) in [5.41, 5.74) is 2.15. The Labute approximate surface area is 258 Å². The third-order valence-corrected chi connectivity index (χ3v) is 10.0. The number of fused-ring (bicyclic) bond motifs is 1. The molecule has 2 aliphatic heterocycles. The third-order valence-electron chi connectivity index (χ3n) is 8.19. The zero-order valence-corrected chi connectivity index (χ0v) is 26.1. The van der Waals surface area contributed by atoms with Gasteiger partial charge in [-0.3, -0.25) is 9.69 Å². The van der Waals surface area contributed by atoms with Crippen LogP contribution in [0.5, 0.6) is 17.2 Å². The molecule has 0 unspecified atom stereocenters. The molecule has 9 nitrogen and oxygen atoms in total. The van der Waals surface area contributed by atoms with E-state index in [1.807, 2.05) is 43.3 Å². The second-order valence-electron chi connectivity index (χ2n) is 11.0. The van der Waals surface area contributed by atoms with Crippen LogP contribution in [-0.4, -0.2) is 70.3 Å². The van der Waals surface area contributed by atoms with E-state index in [2.05, 4.69) is 4.90 Å². The number of rotatable bonds is 13. The Morgan fingerprint density at radius 2 is 1.75 bits per heavy atom. The maximum absolute atomic E-state index is 15.1. The highest BCUT2D eigenvalue weighted by molar-refractivity contribution is 7.88. The molecule has 2 aliphatic rings. The van der Waals surface area contributed by atoms with Crippen molar-refractivity contribution in [1.29, 1.82) is 0 Å². The molecule has 3 aromatic rings. The largest absolute Gasteiger partial charge is 0.494 e. The summed E-state index contributed by atoms with van der Waals surface area (Å²) < 4.78 is 65.6. The number of esters is 1. The quantitative estimate of drug-likeness (QED) is 0.241. The highest BCUT2D eigenvalue weighted by Gasteiger charge is 2.48. The molecule has 44 heavy (non-hydrogen) atoms. The lowest BCUT2D eigenvalue weighted by atomic mass is 9.82. The lowest BCUT2D eigenvalue weighted by Gasteiger charge is -2.30. The number of hydrogen-bond acceptors (Lipinski definition) is 8. The van der Waals surface area contributed by atoms with Gasteiger partial charge in [-0.15, -0.1) is 0 Å². The molecule has 0 spiro atoms. The number of nitrogens with zero attached hydrogens (tertiary/aromatic N) is 2. The van der Waals surface area contributed by atoms with Crippen molar-refractivity contribution in [3.8, 4) is 17.2 Å². The molecule has 11 heteroatoms. The van der Waals surface area contributed by atoms with Crippen molar-refractivity contribution in [3.05, 3.63) is 89.2 Å². The number of hydrogen-bond donors (Lipinski definition) is 0. The number of benzene rings is 3. The summed E-state index contributed by atoms with van der Waals surface area (Å²) in [6, 6.07) is 18.8. The third kappa shape index (κ3) is 6.85. The molecule has 1 fully saturated rings. The summed E-state index contributed by atoms with van der Waals surface area (Å²) >= 11 is 0. The van der Waals surface area contributed by atoms with Gasteiger partial charge in [-0.1, -0.05) is 49.4 Å². The smallest absolute Gasteiger partial charge is 0.311 e. The van der Waals surface area contributed by atoms with Crippen LogP contribution in [0.3, 0.4) is 0 Å². The minimum atomic E-state index is -3.63. The van der Waals surface area contributed by atoms with E-state index in [9.17, 15) is 13.2 Å². The van der Waals surface area contributed by atoms with E-state index in [-0.39, 0.29) is 37.4 Å². The fourth-order valence-corrected chi connectivity index (χ4v) is 7.80. The van der Waals surface area contributed by atoms with Crippen LogP contribution < -0.4 is 14.2 Å². The lowest BCUT2D eigenvalue weighted by molar-refractivity contribution is -0.149. The van der Waals surface area contributed by atoms with Crippen molar-refractivity contribution in [2.75, 3.05) is 46.7 Å². The molecule has 0 aromatic heterocycles. The second-order valence-corrected chi connectivity index (χ2v) is 12.9. The van der Waals surface area contributed by atoms with Crippen LogP contribution in [0.1, 0.15) is 48.9 Å². The van der Waals surface area contributed by atoms with Gasteiger partial charge >= 0.3 is 5.97 Å². The summed E-state index contributed by atoms with van der Waals surface area (Å²) in [5.74, 6) is -0.757. The van der Waals surface area contributed by atoms with Crippen molar-refractivity contribution < 1.29 is 36.6 Å². The number of carbonyl (C=O) groups is 1. The summed E-state index contributed by atoms with van der Waals surface area (Å²) in [7, 11) is -2.23. The van der Waals surface area contributed by atoms with Gasteiger partial charge < -0.3 is 18.9 Å². The van der Waals surface area contributed by atoms with Crippen LogP contribution in [0.4, 0.5) is 4.39 Å². The first-order chi connectivity index (χ1) is 21.2. The predicted octanol–water partition coefficient (Wildman–Crippen LogP) is 5.12. The molecule has 236 valence electrons. The number of halogens is 1. The monoisotopic (exact) mass is 626 g/mol. The van der Waals surface area contributed by atoms with Gasteiger partial charge in [0.2, 0.25) is 16.8 Å². The molecule has 0 saturated carbocycles. The number of carbonyl (C=O) groups excluding carboxylic acids is 1. The van der Waals surface area contributed by atoms with Crippen LogP contribution in [0.15, 0.2) is 66.7 Å². The molecule has 1 saturated heterocycles. The molecular formula is C33H39FN2O7S. The molecule has 0 bridgehead atoms. The normalized spacial score (nSPS) is 19.8. The Bertz CT molecular complexity index is 1550. The van der Waals surface area contributed by atoms with Gasteiger partial charge in [0, 0.05) is 38.1 Å². The Morgan fingerprint density at radius 3 is 2.45 bits per heavy atom. The van der Waals surface area contributed by atoms with Crippen LogP contribution in [0.25, 0.3) is 0 Å². The minimum absolute atomic E-state index is 0.0967. The standard InChI is InChI=1S/C33H39FN2O7S/c1-4-15-36(44(38,39)21-23-9-7-6-8-10-23)17-16-35-20-26(24-11-14-29-30(19-24)43-22-42-29)31(33(37)41-5-2)32(35)25-12-13-28(40-3)27(34)18-25/h6-14,18-19,26,31-32H,4-5,15-17,20-22H2,1-3H3/t26-,31-,32+/m1/s1. The summed E-state index contributed by atoms with van der Waals surface area (Å²) in [5, 5.41) is 0. The van der Waals surface area contributed by atoms with E-state index in [0.717, 1.165) is 5.56 Å². The van der Waals surface area contributed by atoms with Gasteiger partial charge in [0.1, 0.15) is 0 Å². The molecule has 0 amide bonds. The van der Waals surface area contributed by atoms with E-state index >= 15 is 4.39 Å². The van der Waals surface area contributed by atoms with Crippen LogP contribution in [-0.2, 0) is 25.3 Å². The first kappa shape index (κ1) is 31.7.